The Balaban J connectivity index is 1.06. The van der Waals surface area contributed by atoms with Crippen LogP contribution in [0.15, 0.2) is 0 Å². The fourth-order valence-electron chi connectivity index (χ4n) is 7.67. The van der Waals surface area contributed by atoms with Gasteiger partial charge in [-0.1, -0.05) is 0 Å². The molecule has 38 heavy (non-hydrogen) atoms. The molecule has 0 spiro atoms. The summed E-state index contributed by atoms with van der Waals surface area (Å²) in [4.78, 5) is 31.3. The van der Waals surface area contributed by atoms with Crippen molar-refractivity contribution in [2.24, 2.45) is 17.8 Å². The number of amides is 2. The summed E-state index contributed by atoms with van der Waals surface area (Å²) in [6, 6.07) is 0.758. The minimum Gasteiger partial charge on any atom is -0.380 e. The van der Waals surface area contributed by atoms with Gasteiger partial charge in [0.2, 0.25) is 11.8 Å². The van der Waals surface area contributed by atoms with E-state index in [4.69, 9.17) is 16.3 Å². The van der Waals surface area contributed by atoms with Crippen LogP contribution in [0.2, 0.25) is 0 Å². The van der Waals surface area contributed by atoms with Gasteiger partial charge in [-0.3, -0.25) is 25.2 Å². The first-order valence-electron chi connectivity index (χ1n) is 14.1. The number of halogens is 1. The van der Waals surface area contributed by atoms with Crippen LogP contribution in [0.4, 0.5) is 0 Å². The number of likely N-dealkylation sites (tertiary alicyclic amines) is 1. The van der Waals surface area contributed by atoms with E-state index in [9.17, 15) is 9.59 Å². The van der Waals surface area contributed by atoms with Crippen molar-refractivity contribution in [3.8, 4) is 0 Å². The van der Waals surface area contributed by atoms with Crippen LogP contribution in [0.3, 0.4) is 0 Å². The first-order valence-corrected chi connectivity index (χ1v) is 15.5. The average Bonchev–Trinajstić information content (AvgIpc) is 3.66. The molecular formula is C25H43ClN8O3S. The van der Waals surface area contributed by atoms with E-state index in [0.29, 0.717) is 50.1 Å². The maximum absolute atomic E-state index is 13.7. The molecule has 6 rings (SSSR count). The number of methoxy groups -OCH3 is 1. The Kier molecular flexibility index (Phi) is 8.16. The van der Waals surface area contributed by atoms with E-state index >= 15 is 0 Å². The van der Waals surface area contributed by atoms with Crippen LogP contribution >= 0.6 is 23.4 Å². The molecule has 11 unspecified atom stereocenters. The summed E-state index contributed by atoms with van der Waals surface area (Å²) >= 11 is 8.14. The van der Waals surface area contributed by atoms with Gasteiger partial charge in [-0.15, -0.1) is 23.4 Å². The van der Waals surface area contributed by atoms with Gasteiger partial charge in [0.05, 0.1) is 17.4 Å². The van der Waals surface area contributed by atoms with Crippen LogP contribution in [0.25, 0.3) is 0 Å². The van der Waals surface area contributed by atoms with Gasteiger partial charge in [-0.2, -0.15) is 0 Å². The number of nitrogens with one attached hydrogen (secondary N) is 5. The summed E-state index contributed by atoms with van der Waals surface area (Å²) in [6.07, 6.45) is 2.22. The highest BCUT2D eigenvalue weighted by atomic mass is 35.5. The highest BCUT2D eigenvalue weighted by Gasteiger charge is 2.49. The highest BCUT2D eigenvalue weighted by Crippen LogP contribution is 2.40. The largest absolute Gasteiger partial charge is 0.380 e. The highest BCUT2D eigenvalue weighted by molar-refractivity contribution is 8.00. The molecule has 13 heteroatoms. The summed E-state index contributed by atoms with van der Waals surface area (Å²) in [7, 11) is 3.69. The number of fused-ring (bicyclic) bond motifs is 2. The number of alkyl halides is 1. The van der Waals surface area contributed by atoms with E-state index in [-0.39, 0.29) is 52.0 Å². The maximum Gasteiger partial charge on any atom is 0.243 e. The molecule has 11 atom stereocenters. The second-order valence-corrected chi connectivity index (χ2v) is 13.9. The number of carbonyl (C=O) groups is 2. The zero-order chi connectivity index (χ0) is 26.6. The van der Waals surface area contributed by atoms with Gasteiger partial charge < -0.3 is 25.6 Å². The zero-order valence-electron chi connectivity index (χ0n) is 22.6. The van der Waals surface area contributed by atoms with Crippen molar-refractivity contribution in [3.63, 3.8) is 0 Å². The Hall–Kier alpha value is -0.700. The lowest BCUT2D eigenvalue weighted by atomic mass is 9.69. The number of nitrogens with zero attached hydrogens (tertiary/aromatic N) is 3. The van der Waals surface area contributed by atoms with Crippen LogP contribution < -0.4 is 26.7 Å². The number of carbonyl (C=O) groups excluding carboxylic acids is 2. The molecule has 2 amide bonds. The van der Waals surface area contributed by atoms with Crippen molar-refractivity contribution >= 4 is 35.2 Å². The minimum atomic E-state index is -0.336. The van der Waals surface area contributed by atoms with Crippen molar-refractivity contribution in [2.45, 2.75) is 66.2 Å². The third kappa shape index (κ3) is 5.21. The van der Waals surface area contributed by atoms with Crippen molar-refractivity contribution in [3.05, 3.63) is 0 Å². The van der Waals surface area contributed by atoms with E-state index in [1.54, 1.807) is 11.8 Å². The second-order valence-electron chi connectivity index (χ2n) is 12.0. The Bertz CT molecular complexity index is 881. The SMILES string of the molecule is COC1CN2CNCC2CC1C1CC(C)NCC1C(=O)NC1NC2CN(C(=O)C3C(Cl)CNN3C)CC2S1. The summed E-state index contributed by atoms with van der Waals surface area (Å²) in [6.45, 7) is 7.74. The maximum atomic E-state index is 13.7. The third-order valence-electron chi connectivity index (χ3n) is 9.74. The number of hydrazine groups is 1. The molecule has 0 aliphatic carbocycles. The van der Waals surface area contributed by atoms with E-state index in [0.717, 1.165) is 32.6 Å². The topological polar surface area (TPSA) is 113 Å². The number of thioether (sulfide) groups is 1. The lowest BCUT2D eigenvalue weighted by Gasteiger charge is -2.47. The zero-order valence-corrected chi connectivity index (χ0v) is 24.1. The average molecular weight is 571 g/mol. The van der Waals surface area contributed by atoms with Gasteiger partial charge in [0.1, 0.15) is 11.5 Å². The molecule has 11 nitrogen and oxygen atoms in total. The van der Waals surface area contributed by atoms with Crippen LogP contribution in [0.5, 0.6) is 0 Å². The third-order valence-corrected chi connectivity index (χ3v) is 11.5. The van der Waals surface area contributed by atoms with Gasteiger partial charge in [0.25, 0.3) is 0 Å². The number of piperidine rings is 2. The fourth-order valence-corrected chi connectivity index (χ4v) is 9.42. The van der Waals surface area contributed by atoms with Gasteiger partial charge in [0.15, 0.2) is 0 Å². The molecule has 6 aliphatic rings. The Morgan fingerprint density at radius 2 is 1.95 bits per heavy atom. The molecule has 0 aromatic rings. The van der Waals surface area contributed by atoms with E-state index < -0.39 is 0 Å². The van der Waals surface area contributed by atoms with Gasteiger partial charge in [-0.05, 0) is 31.6 Å². The summed E-state index contributed by atoms with van der Waals surface area (Å²) in [5.74, 6) is 0.785. The Morgan fingerprint density at radius 1 is 1.11 bits per heavy atom. The Labute approximate surface area is 234 Å². The van der Waals surface area contributed by atoms with Crippen LogP contribution in [-0.4, -0.2) is 133 Å². The van der Waals surface area contributed by atoms with Crippen LogP contribution in [-0.2, 0) is 14.3 Å². The van der Waals surface area contributed by atoms with Gasteiger partial charge >= 0.3 is 0 Å². The summed E-state index contributed by atoms with van der Waals surface area (Å²) in [5.41, 5.74) is 3.01. The first-order chi connectivity index (χ1) is 18.3. The number of rotatable bonds is 5. The van der Waals surface area contributed by atoms with Crippen molar-refractivity contribution in [1.82, 2.24) is 41.5 Å². The van der Waals surface area contributed by atoms with Crippen molar-refractivity contribution < 1.29 is 14.3 Å². The van der Waals surface area contributed by atoms with Gasteiger partial charge in [-0.25, -0.2) is 5.01 Å². The molecule has 0 aromatic carbocycles. The number of hydrogen-bond donors (Lipinski definition) is 5. The normalized spacial score (nSPS) is 45.8. The quantitative estimate of drug-likeness (QED) is 0.253. The minimum absolute atomic E-state index is 0.0799. The molecule has 0 radical (unpaired) electrons. The number of hydrogen-bond acceptors (Lipinski definition) is 10. The predicted octanol–water partition coefficient (Wildman–Crippen LogP) is -1.39. The van der Waals surface area contributed by atoms with Crippen molar-refractivity contribution in [2.75, 3.05) is 60.1 Å². The molecule has 5 N–H and O–H groups in total. The molecule has 0 bridgehead atoms. The molecule has 214 valence electrons. The molecular weight excluding hydrogens is 528 g/mol. The summed E-state index contributed by atoms with van der Waals surface area (Å²) in [5, 5.41) is 15.8. The van der Waals surface area contributed by atoms with Gasteiger partial charge in [0, 0.05) is 83.5 Å². The monoisotopic (exact) mass is 570 g/mol. The Morgan fingerprint density at radius 3 is 2.68 bits per heavy atom. The number of ether oxygens (including phenoxy) is 1. The first kappa shape index (κ1) is 27.5. The molecule has 0 saturated carbocycles. The smallest absolute Gasteiger partial charge is 0.243 e. The molecule has 0 aromatic heterocycles. The standard InChI is InChI=1S/C25H43ClN8O3S/c1-13-4-15(16-5-14-6-27-12-34(14)10-20(16)37-3)17(7-28-13)23(35)31-25-30-19-9-33(11-21(19)38-25)24(36)22-18(26)8-29-32(22)2/h13-22,25,27-30H,4-12H2,1-3H3,(H,31,35). The van der Waals surface area contributed by atoms with Crippen LogP contribution in [0.1, 0.15) is 19.8 Å². The molecule has 6 saturated heterocycles. The van der Waals surface area contributed by atoms with E-state index in [2.05, 4.69) is 38.5 Å². The lowest BCUT2D eigenvalue weighted by Crippen LogP contribution is -2.58. The molecule has 6 heterocycles. The lowest BCUT2D eigenvalue weighted by molar-refractivity contribution is -0.135. The second kappa shape index (κ2) is 11.3. The number of likely N-dealkylation sites (N-methyl/N-ethyl adjacent to an activating group) is 1. The van der Waals surface area contributed by atoms with E-state index in [1.165, 1.54) is 0 Å². The van der Waals surface area contributed by atoms with Crippen molar-refractivity contribution in [1.29, 1.82) is 0 Å². The van der Waals surface area contributed by atoms with E-state index in [1.807, 2.05) is 24.1 Å². The van der Waals surface area contributed by atoms with Crippen LogP contribution in [0, 0.1) is 17.8 Å². The summed E-state index contributed by atoms with van der Waals surface area (Å²) < 4.78 is 6.01. The predicted molar refractivity (Wildman–Crippen MR) is 147 cm³/mol. The fraction of sp³-hybridized carbons (Fsp3) is 0.920. The molecule has 6 fully saturated rings. The molecule has 6 aliphatic heterocycles.